The zero-order chi connectivity index (χ0) is 7.98. The molecule has 1 rings (SSSR count). The number of halogens is 2. The summed E-state index contributed by atoms with van der Waals surface area (Å²) in [6.07, 6.45) is 0. The quantitative estimate of drug-likeness (QED) is 0.623. The van der Waals surface area contributed by atoms with Crippen molar-refractivity contribution in [3.8, 4) is 0 Å². The van der Waals surface area contributed by atoms with Crippen molar-refractivity contribution in [1.82, 2.24) is 0 Å². The normalized spacial score (nSPS) is 8.00. The summed E-state index contributed by atoms with van der Waals surface area (Å²) in [5.74, 6) is 0. The van der Waals surface area contributed by atoms with Crippen LogP contribution >= 0.6 is 17.0 Å². The van der Waals surface area contributed by atoms with Gasteiger partial charge in [0.2, 0.25) is 0 Å². The Morgan fingerprint density at radius 1 is 1.50 bits per heavy atom. The molecule has 0 amide bonds. The molecule has 0 unspecified atom stereocenters. The number of rotatable bonds is 0. The Balaban J connectivity index is 0.000000236. The van der Waals surface area contributed by atoms with Gasteiger partial charge in [-0.2, -0.15) is 17.7 Å². The fourth-order valence-electron chi connectivity index (χ4n) is 0.718. The summed E-state index contributed by atoms with van der Waals surface area (Å²) in [6, 6.07) is 6.41. The molecule has 0 saturated carbocycles. The zero-order valence-corrected chi connectivity index (χ0v) is 9.96. The standard InChI is InChI=1S/C7H9.2ClH.Zr/c1-6-3-4-7(2)5-6;;;/h3-5H,1-2H3;2*1H;/q-1;;;+2/p-2. The summed E-state index contributed by atoms with van der Waals surface area (Å²) in [6.45, 7) is 4.21. The summed E-state index contributed by atoms with van der Waals surface area (Å²) in [5.41, 5.74) is 2.72. The minimum atomic E-state index is -0.826. The topological polar surface area (TPSA) is 0 Å². The Morgan fingerprint density at radius 2 is 2.00 bits per heavy atom. The second kappa shape index (κ2) is 6.52. The van der Waals surface area contributed by atoms with Crippen LogP contribution in [0.3, 0.4) is 0 Å². The van der Waals surface area contributed by atoms with Crippen LogP contribution in [-0.4, -0.2) is 0 Å². The van der Waals surface area contributed by atoms with Gasteiger partial charge < -0.3 is 0 Å². The van der Waals surface area contributed by atoms with E-state index in [-0.39, 0.29) is 0 Å². The molecule has 0 atom stereocenters. The van der Waals surface area contributed by atoms with Crippen molar-refractivity contribution in [2.75, 3.05) is 0 Å². The van der Waals surface area contributed by atoms with Gasteiger partial charge in [-0.3, -0.25) is 0 Å². The summed E-state index contributed by atoms with van der Waals surface area (Å²) < 4.78 is 0. The van der Waals surface area contributed by atoms with Crippen molar-refractivity contribution >= 4 is 17.0 Å². The third kappa shape index (κ3) is 5.59. The van der Waals surface area contributed by atoms with Crippen LogP contribution in [0.1, 0.15) is 11.1 Å². The second-order valence-electron chi connectivity index (χ2n) is 2.04. The van der Waals surface area contributed by atoms with Crippen LogP contribution in [0.15, 0.2) is 18.2 Å². The van der Waals surface area contributed by atoms with Crippen LogP contribution < -0.4 is 0 Å². The van der Waals surface area contributed by atoms with Crippen LogP contribution in [0.4, 0.5) is 0 Å². The number of hydrogen-bond donors (Lipinski definition) is 0. The van der Waals surface area contributed by atoms with E-state index >= 15 is 0 Å². The van der Waals surface area contributed by atoms with Crippen molar-refractivity contribution in [3.05, 3.63) is 29.3 Å². The molecule has 0 N–H and O–H groups in total. The maximum absolute atomic E-state index is 4.93. The first kappa shape index (κ1) is 10.8. The van der Waals surface area contributed by atoms with Crippen molar-refractivity contribution in [2.24, 2.45) is 0 Å². The molecule has 0 bridgehead atoms. The molecule has 0 aliphatic carbocycles. The van der Waals surface area contributed by atoms with Crippen molar-refractivity contribution in [2.45, 2.75) is 13.8 Å². The van der Waals surface area contributed by atoms with Crippen molar-refractivity contribution in [1.29, 1.82) is 0 Å². The van der Waals surface area contributed by atoms with Gasteiger partial charge in [0.05, 0.1) is 0 Å². The van der Waals surface area contributed by atoms with Crippen LogP contribution in [0.2, 0.25) is 0 Å². The molecule has 56 valence electrons. The van der Waals surface area contributed by atoms with E-state index in [9.17, 15) is 0 Å². The summed E-state index contributed by atoms with van der Waals surface area (Å²) >= 11 is -0.826. The van der Waals surface area contributed by atoms with Crippen LogP contribution in [-0.2, 0) is 20.8 Å². The number of aryl methyl sites for hydroxylation is 2. The molecule has 0 aliphatic heterocycles. The molecular formula is C7H9Cl2Zr-. The first-order chi connectivity index (χ1) is 4.70. The predicted octanol–water partition coefficient (Wildman–Crippen LogP) is 3.40. The molecule has 3 heteroatoms. The van der Waals surface area contributed by atoms with Crippen molar-refractivity contribution < 1.29 is 20.8 Å². The van der Waals surface area contributed by atoms with Gasteiger partial charge in [0.25, 0.3) is 0 Å². The minimum absolute atomic E-state index is 0.826. The van der Waals surface area contributed by atoms with Crippen molar-refractivity contribution in [3.63, 3.8) is 0 Å². The van der Waals surface area contributed by atoms with E-state index in [1.165, 1.54) is 11.1 Å². The fraction of sp³-hybridized carbons (Fsp3) is 0.286. The Hall–Kier alpha value is 0.813. The zero-order valence-electron chi connectivity index (χ0n) is 5.99. The van der Waals surface area contributed by atoms with Crippen LogP contribution in [0.25, 0.3) is 0 Å². The molecule has 0 nitrogen and oxygen atoms in total. The summed E-state index contributed by atoms with van der Waals surface area (Å²) in [7, 11) is 9.87. The third-order valence-corrected chi connectivity index (χ3v) is 1.06. The maximum atomic E-state index is 4.93. The van der Waals surface area contributed by atoms with E-state index in [1.54, 1.807) is 0 Å². The average molecular weight is 255 g/mol. The van der Waals surface area contributed by atoms with E-state index < -0.39 is 20.8 Å². The van der Waals surface area contributed by atoms with Crippen LogP contribution in [0.5, 0.6) is 0 Å². The molecule has 0 radical (unpaired) electrons. The SMILES string of the molecule is Cc1cc[c-](C)c1.[Cl][Zr][Cl]. The number of hydrogen-bond acceptors (Lipinski definition) is 0. The molecule has 0 saturated heterocycles. The van der Waals surface area contributed by atoms with Gasteiger partial charge in [0.1, 0.15) is 0 Å². The van der Waals surface area contributed by atoms with E-state index in [1.807, 2.05) is 0 Å². The molecule has 0 fully saturated rings. The van der Waals surface area contributed by atoms with Gasteiger partial charge in [-0.1, -0.05) is 13.8 Å². The van der Waals surface area contributed by atoms with E-state index in [0.717, 1.165) is 0 Å². The summed E-state index contributed by atoms with van der Waals surface area (Å²) in [5, 5.41) is 0. The third-order valence-electron chi connectivity index (χ3n) is 1.06. The Labute approximate surface area is 80.6 Å². The average Bonchev–Trinajstić information content (AvgIpc) is 2.17. The van der Waals surface area contributed by atoms with E-state index in [4.69, 9.17) is 17.0 Å². The Morgan fingerprint density at radius 3 is 2.10 bits per heavy atom. The fourth-order valence-corrected chi connectivity index (χ4v) is 0.718. The Bertz CT molecular complexity index is 155. The molecule has 1 aromatic rings. The molecule has 0 aliphatic rings. The Kier molecular flexibility index (Phi) is 7.05. The molecule has 1 aromatic carbocycles. The molecule has 10 heavy (non-hydrogen) atoms. The van der Waals surface area contributed by atoms with Gasteiger partial charge in [-0.25, -0.2) is 11.6 Å². The predicted molar refractivity (Wildman–Crippen MR) is 43.2 cm³/mol. The first-order valence-electron chi connectivity index (χ1n) is 2.87. The van der Waals surface area contributed by atoms with E-state index in [2.05, 4.69) is 32.0 Å². The van der Waals surface area contributed by atoms with Crippen LogP contribution in [0, 0.1) is 13.8 Å². The molecule has 0 spiro atoms. The van der Waals surface area contributed by atoms with Gasteiger partial charge in [-0.15, -0.1) is 0 Å². The first-order valence-corrected chi connectivity index (χ1v) is 9.20. The monoisotopic (exact) mass is 253 g/mol. The van der Waals surface area contributed by atoms with Gasteiger partial charge in [0.15, 0.2) is 0 Å². The molecule has 0 heterocycles. The van der Waals surface area contributed by atoms with Gasteiger partial charge >= 0.3 is 37.9 Å². The van der Waals surface area contributed by atoms with Gasteiger partial charge in [-0.05, 0) is 0 Å². The second-order valence-corrected chi connectivity index (χ2v) is 5.77. The molecular weight excluding hydrogens is 246 g/mol. The van der Waals surface area contributed by atoms with Gasteiger partial charge in [0, 0.05) is 0 Å². The summed E-state index contributed by atoms with van der Waals surface area (Å²) in [4.78, 5) is 0. The van der Waals surface area contributed by atoms with E-state index in [0.29, 0.717) is 0 Å². The molecule has 0 aromatic heterocycles.